The van der Waals surface area contributed by atoms with Gasteiger partial charge in [-0.1, -0.05) is 0 Å². The van der Waals surface area contributed by atoms with Crippen LogP contribution in [0, 0.1) is 0 Å². The normalized spacial score (nSPS) is 15.9. The molecule has 2 rings (SSSR count). The average molecular weight is 263 g/mol. The highest BCUT2D eigenvalue weighted by molar-refractivity contribution is 8.13. The molecule has 8 heteroatoms. The minimum atomic E-state index is -3.89. The summed E-state index contributed by atoms with van der Waals surface area (Å²) in [5.74, 6) is 0.0906. The van der Waals surface area contributed by atoms with Crippen LogP contribution in [-0.4, -0.2) is 32.5 Å². The third kappa shape index (κ3) is 2.25. The van der Waals surface area contributed by atoms with Crippen LogP contribution >= 0.6 is 10.7 Å². The molecule has 1 aromatic heterocycles. The van der Waals surface area contributed by atoms with Gasteiger partial charge in [-0.3, -0.25) is 4.98 Å². The summed E-state index contributed by atoms with van der Waals surface area (Å²) in [6.07, 6.45) is 2.56. The Kier molecular flexibility index (Phi) is 2.97. The highest BCUT2D eigenvalue weighted by Crippen LogP contribution is 2.20. The van der Waals surface area contributed by atoms with Gasteiger partial charge in [-0.25, -0.2) is 8.42 Å². The molecular weight excluding hydrogens is 256 g/mol. The molecule has 1 aliphatic heterocycles. The number of aromatic nitrogens is 1. The second kappa shape index (κ2) is 4.26. The lowest BCUT2D eigenvalue weighted by molar-refractivity contribution is 0.0653. The van der Waals surface area contributed by atoms with Crippen molar-refractivity contribution in [2.75, 3.05) is 13.2 Å². The van der Waals surface area contributed by atoms with Crippen molar-refractivity contribution in [3.05, 3.63) is 24.0 Å². The molecule has 0 unspecified atom stereocenters. The molecule has 0 aliphatic carbocycles. The van der Waals surface area contributed by atoms with Crippen molar-refractivity contribution in [3.8, 4) is 0 Å². The number of pyridine rings is 1. The van der Waals surface area contributed by atoms with Gasteiger partial charge < -0.3 is 9.57 Å². The van der Waals surface area contributed by atoms with E-state index in [1.807, 2.05) is 0 Å². The summed E-state index contributed by atoms with van der Waals surface area (Å²) in [4.78, 5) is 8.35. The molecule has 0 spiro atoms. The number of halogens is 1. The number of oxime groups is 1. The molecular formula is C8H7ClN2O4S. The standard InChI is InChI=1S/C8H7ClN2O4S/c9-16(12,13)7-5-10-2-1-6(7)8-11-15-4-3-14-8/h1-2,5H,3-4H2. The summed E-state index contributed by atoms with van der Waals surface area (Å²) < 4.78 is 27.7. The summed E-state index contributed by atoms with van der Waals surface area (Å²) in [6, 6.07) is 1.45. The highest BCUT2D eigenvalue weighted by atomic mass is 35.7. The zero-order valence-corrected chi connectivity index (χ0v) is 9.53. The lowest BCUT2D eigenvalue weighted by atomic mass is 10.2. The van der Waals surface area contributed by atoms with E-state index in [2.05, 4.69) is 10.1 Å². The van der Waals surface area contributed by atoms with Gasteiger partial charge in [-0.15, -0.1) is 0 Å². The molecule has 6 nitrogen and oxygen atoms in total. The Hall–Kier alpha value is -1.34. The summed E-state index contributed by atoms with van der Waals surface area (Å²) in [7, 11) is 1.37. The van der Waals surface area contributed by atoms with E-state index in [1.165, 1.54) is 12.3 Å². The molecule has 0 bridgehead atoms. The van der Waals surface area contributed by atoms with Crippen LogP contribution < -0.4 is 0 Å². The minimum absolute atomic E-state index is 0.0906. The van der Waals surface area contributed by atoms with E-state index < -0.39 is 9.05 Å². The van der Waals surface area contributed by atoms with Crippen LogP contribution in [0.2, 0.25) is 0 Å². The number of rotatable bonds is 2. The van der Waals surface area contributed by atoms with E-state index in [0.29, 0.717) is 13.2 Å². The van der Waals surface area contributed by atoms with Gasteiger partial charge in [0, 0.05) is 23.1 Å². The van der Waals surface area contributed by atoms with Gasteiger partial charge in [-0.2, -0.15) is 0 Å². The van der Waals surface area contributed by atoms with E-state index in [9.17, 15) is 8.42 Å². The molecule has 0 N–H and O–H groups in total. The maximum atomic E-state index is 11.3. The van der Waals surface area contributed by atoms with Gasteiger partial charge in [0.1, 0.15) is 11.5 Å². The van der Waals surface area contributed by atoms with Crippen molar-refractivity contribution in [1.82, 2.24) is 4.98 Å². The monoisotopic (exact) mass is 262 g/mol. The molecule has 0 fully saturated rings. The minimum Gasteiger partial charge on any atom is -0.471 e. The van der Waals surface area contributed by atoms with E-state index in [1.54, 1.807) is 0 Å². The molecule has 0 radical (unpaired) electrons. The maximum absolute atomic E-state index is 11.3. The van der Waals surface area contributed by atoms with Crippen LogP contribution in [-0.2, 0) is 18.6 Å². The van der Waals surface area contributed by atoms with Crippen molar-refractivity contribution < 1.29 is 18.0 Å². The Morgan fingerprint density at radius 2 is 2.19 bits per heavy atom. The molecule has 0 aromatic carbocycles. The zero-order valence-electron chi connectivity index (χ0n) is 7.96. The van der Waals surface area contributed by atoms with Gasteiger partial charge in [0.2, 0.25) is 0 Å². The predicted octanol–water partition coefficient (Wildman–Crippen LogP) is 0.718. The van der Waals surface area contributed by atoms with Crippen LogP contribution in [0.1, 0.15) is 5.56 Å². The van der Waals surface area contributed by atoms with Gasteiger partial charge in [-0.05, 0) is 11.2 Å². The first kappa shape index (κ1) is 11.2. The first-order valence-corrected chi connectivity index (χ1v) is 6.62. The second-order valence-corrected chi connectivity index (χ2v) is 5.42. The Bertz CT molecular complexity index is 529. The van der Waals surface area contributed by atoms with Crippen molar-refractivity contribution in [2.45, 2.75) is 4.90 Å². The largest absolute Gasteiger partial charge is 0.471 e. The topological polar surface area (TPSA) is 77.9 Å². The fourth-order valence-electron chi connectivity index (χ4n) is 1.18. The molecule has 1 aliphatic rings. The lowest BCUT2D eigenvalue weighted by Crippen LogP contribution is -2.19. The van der Waals surface area contributed by atoms with Crippen LogP contribution in [0.5, 0.6) is 0 Å². The fraction of sp³-hybridized carbons (Fsp3) is 0.250. The van der Waals surface area contributed by atoms with Crippen LogP contribution in [0.25, 0.3) is 0 Å². The van der Waals surface area contributed by atoms with E-state index >= 15 is 0 Å². The molecule has 1 aromatic rings. The molecule has 0 saturated carbocycles. The van der Waals surface area contributed by atoms with Crippen molar-refractivity contribution in [2.24, 2.45) is 5.16 Å². The molecule has 0 atom stereocenters. The summed E-state index contributed by atoms with van der Waals surface area (Å²) >= 11 is 0. The summed E-state index contributed by atoms with van der Waals surface area (Å²) in [6.45, 7) is 0.639. The van der Waals surface area contributed by atoms with Crippen LogP contribution in [0.4, 0.5) is 0 Å². The van der Waals surface area contributed by atoms with E-state index in [4.69, 9.17) is 20.3 Å². The first-order chi connectivity index (χ1) is 7.59. The Labute approximate surface area is 96.2 Å². The predicted molar refractivity (Wildman–Crippen MR) is 55.7 cm³/mol. The van der Waals surface area contributed by atoms with Gasteiger partial charge in [0.05, 0.1) is 5.56 Å². The van der Waals surface area contributed by atoms with Gasteiger partial charge in [0.15, 0.2) is 6.61 Å². The van der Waals surface area contributed by atoms with Crippen LogP contribution in [0.3, 0.4) is 0 Å². The Morgan fingerprint density at radius 3 is 2.81 bits per heavy atom. The van der Waals surface area contributed by atoms with Crippen molar-refractivity contribution >= 4 is 25.6 Å². The van der Waals surface area contributed by atoms with Crippen LogP contribution in [0.15, 0.2) is 28.5 Å². The number of nitrogens with zero attached hydrogens (tertiary/aromatic N) is 2. The molecule has 2 heterocycles. The number of hydrogen-bond acceptors (Lipinski definition) is 6. The molecule has 86 valence electrons. The maximum Gasteiger partial charge on any atom is 0.263 e. The molecule has 16 heavy (non-hydrogen) atoms. The SMILES string of the molecule is O=S(=O)(Cl)c1cnccc1C1=NOCCO1. The average Bonchev–Trinajstić information content (AvgIpc) is 2.29. The van der Waals surface area contributed by atoms with Gasteiger partial charge in [0.25, 0.3) is 14.9 Å². The third-order valence-electron chi connectivity index (χ3n) is 1.84. The number of hydrogen-bond donors (Lipinski definition) is 0. The first-order valence-electron chi connectivity index (χ1n) is 4.31. The van der Waals surface area contributed by atoms with Crippen molar-refractivity contribution in [1.29, 1.82) is 0 Å². The third-order valence-corrected chi connectivity index (χ3v) is 3.19. The zero-order chi connectivity index (χ0) is 11.6. The summed E-state index contributed by atoms with van der Waals surface area (Å²) in [5.41, 5.74) is 0.240. The highest BCUT2D eigenvalue weighted by Gasteiger charge is 2.22. The fourth-order valence-corrected chi connectivity index (χ4v) is 2.16. The Morgan fingerprint density at radius 1 is 1.38 bits per heavy atom. The van der Waals surface area contributed by atoms with Gasteiger partial charge >= 0.3 is 0 Å². The Balaban J connectivity index is 2.52. The van der Waals surface area contributed by atoms with E-state index in [-0.39, 0.29) is 16.4 Å². The summed E-state index contributed by atoms with van der Waals surface area (Å²) in [5, 5.41) is 3.62. The van der Waals surface area contributed by atoms with Crippen molar-refractivity contribution in [3.63, 3.8) is 0 Å². The quantitative estimate of drug-likeness (QED) is 0.734. The van der Waals surface area contributed by atoms with E-state index in [0.717, 1.165) is 6.20 Å². The number of ether oxygens (including phenoxy) is 1. The second-order valence-electron chi connectivity index (χ2n) is 2.89. The smallest absolute Gasteiger partial charge is 0.263 e. The molecule has 0 saturated heterocycles. The molecule has 0 amide bonds. The lowest BCUT2D eigenvalue weighted by Gasteiger charge is -2.14.